The van der Waals surface area contributed by atoms with E-state index in [-0.39, 0.29) is 0 Å². The average Bonchev–Trinajstić information content (AvgIpc) is 2.30. The van der Waals surface area contributed by atoms with E-state index < -0.39 is 38.1 Å². The van der Waals surface area contributed by atoms with Crippen molar-refractivity contribution in [3.8, 4) is 0 Å². The number of hydrogen-bond acceptors (Lipinski definition) is 3. The summed E-state index contributed by atoms with van der Waals surface area (Å²) < 4.78 is 51.2. The zero-order valence-corrected chi connectivity index (χ0v) is 11.3. The Morgan fingerprint density at radius 3 is 2.32 bits per heavy atom. The standard InChI is InChI=1S/C11H13F2NO4S/c1-11(2,10(15)16)14(3)19(17,18)9-6-7(12)4-5-8(9)13/h4-6H,1-3H3,(H,15,16). The molecule has 0 atom stereocenters. The number of carbonyl (C=O) groups is 1. The summed E-state index contributed by atoms with van der Waals surface area (Å²) in [7, 11) is -3.46. The van der Waals surface area contributed by atoms with Gasteiger partial charge in [0.2, 0.25) is 10.0 Å². The Bertz CT molecular complexity index is 613. The number of rotatable bonds is 4. The van der Waals surface area contributed by atoms with Crippen molar-refractivity contribution in [3.63, 3.8) is 0 Å². The lowest BCUT2D eigenvalue weighted by atomic mass is 10.1. The van der Waals surface area contributed by atoms with Gasteiger partial charge in [-0.25, -0.2) is 17.2 Å². The number of benzene rings is 1. The predicted octanol–water partition coefficient (Wildman–Crippen LogP) is 1.45. The first-order valence-electron chi connectivity index (χ1n) is 5.18. The van der Waals surface area contributed by atoms with Crippen molar-refractivity contribution in [2.24, 2.45) is 0 Å². The summed E-state index contributed by atoms with van der Waals surface area (Å²) in [5.41, 5.74) is -1.79. The van der Waals surface area contributed by atoms with Crippen LogP contribution in [0.1, 0.15) is 13.8 Å². The van der Waals surface area contributed by atoms with E-state index in [0.717, 1.165) is 27.0 Å². The maximum Gasteiger partial charge on any atom is 0.324 e. The van der Waals surface area contributed by atoms with Crippen molar-refractivity contribution in [1.29, 1.82) is 0 Å². The Kier molecular flexibility index (Phi) is 3.97. The summed E-state index contributed by atoms with van der Waals surface area (Å²) in [5, 5.41) is 8.97. The molecule has 0 radical (unpaired) electrons. The highest BCUT2D eigenvalue weighted by Crippen LogP contribution is 2.25. The first-order valence-corrected chi connectivity index (χ1v) is 6.62. The molecule has 106 valence electrons. The van der Waals surface area contributed by atoms with Gasteiger partial charge in [0.1, 0.15) is 22.1 Å². The van der Waals surface area contributed by atoms with Crippen molar-refractivity contribution in [2.75, 3.05) is 7.05 Å². The quantitative estimate of drug-likeness (QED) is 0.911. The molecule has 1 aromatic carbocycles. The molecule has 0 aromatic heterocycles. The Morgan fingerprint density at radius 2 is 1.84 bits per heavy atom. The number of aliphatic carboxylic acids is 1. The van der Waals surface area contributed by atoms with Crippen LogP contribution in [0.4, 0.5) is 8.78 Å². The van der Waals surface area contributed by atoms with Gasteiger partial charge in [-0.2, -0.15) is 4.31 Å². The molecule has 1 N–H and O–H groups in total. The average molecular weight is 293 g/mol. The fourth-order valence-electron chi connectivity index (χ4n) is 1.26. The second-order valence-corrected chi connectivity index (χ2v) is 6.35. The molecule has 0 aliphatic heterocycles. The number of nitrogens with zero attached hydrogens (tertiary/aromatic N) is 1. The Hall–Kier alpha value is -1.54. The van der Waals surface area contributed by atoms with Crippen LogP contribution in [0.25, 0.3) is 0 Å². The lowest BCUT2D eigenvalue weighted by molar-refractivity contribution is -0.145. The van der Waals surface area contributed by atoms with Crippen LogP contribution in [-0.2, 0) is 14.8 Å². The molecule has 0 unspecified atom stereocenters. The molecular formula is C11H13F2NO4S. The van der Waals surface area contributed by atoms with Crippen molar-refractivity contribution in [2.45, 2.75) is 24.3 Å². The van der Waals surface area contributed by atoms with Gasteiger partial charge in [0.05, 0.1) is 0 Å². The number of likely N-dealkylation sites (N-methyl/N-ethyl adjacent to an activating group) is 1. The minimum atomic E-state index is -4.46. The second-order valence-electron chi connectivity index (χ2n) is 4.41. The molecule has 5 nitrogen and oxygen atoms in total. The van der Waals surface area contributed by atoms with E-state index >= 15 is 0 Å². The molecule has 0 fully saturated rings. The Morgan fingerprint density at radius 1 is 1.32 bits per heavy atom. The van der Waals surface area contributed by atoms with Crippen LogP contribution < -0.4 is 0 Å². The molecule has 0 heterocycles. The molecule has 0 bridgehead atoms. The van der Waals surface area contributed by atoms with Crippen LogP contribution in [0.2, 0.25) is 0 Å². The van der Waals surface area contributed by atoms with Crippen LogP contribution in [0.5, 0.6) is 0 Å². The summed E-state index contributed by atoms with van der Waals surface area (Å²) >= 11 is 0. The Balaban J connectivity index is 3.40. The van der Waals surface area contributed by atoms with Gasteiger partial charge in [-0.05, 0) is 32.0 Å². The summed E-state index contributed by atoms with van der Waals surface area (Å²) in [6, 6.07) is 1.96. The van der Waals surface area contributed by atoms with Gasteiger partial charge in [-0.15, -0.1) is 0 Å². The second kappa shape index (κ2) is 4.86. The maximum absolute atomic E-state index is 13.5. The van der Waals surface area contributed by atoms with E-state index in [9.17, 15) is 22.0 Å². The predicted molar refractivity (Wildman–Crippen MR) is 63.0 cm³/mol. The topological polar surface area (TPSA) is 74.7 Å². The molecule has 8 heteroatoms. The van der Waals surface area contributed by atoms with Gasteiger partial charge >= 0.3 is 5.97 Å². The van der Waals surface area contributed by atoms with Gasteiger partial charge in [0, 0.05) is 7.05 Å². The van der Waals surface area contributed by atoms with E-state index in [0.29, 0.717) is 16.4 Å². The largest absolute Gasteiger partial charge is 0.480 e. The molecule has 0 amide bonds. The molecule has 1 aromatic rings. The SMILES string of the molecule is CN(C(C)(C)C(=O)O)S(=O)(=O)c1cc(F)ccc1F. The van der Waals surface area contributed by atoms with Gasteiger partial charge in [0.25, 0.3) is 0 Å². The van der Waals surface area contributed by atoms with Crippen LogP contribution in [0.3, 0.4) is 0 Å². The summed E-state index contributed by atoms with van der Waals surface area (Å²) in [6.07, 6.45) is 0. The van der Waals surface area contributed by atoms with Crippen LogP contribution in [-0.4, -0.2) is 36.4 Å². The molecule has 0 aliphatic carbocycles. The van der Waals surface area contributed by atoms with E-state index in [1.165, 1.54) is 0 Å². The highest BCUT2D eigenvalue weighted by molar-refractivity contribution is 7.89. The van der Waals surface area contributed by atoms with Crippen molar-refractivity contribution in [1.82, 2.24) is 4.31 Å². The lowest BCUT2D eigenvalue weighted by Crippen LogP contribution is -2.50. The zero-order chi connectivity index (χ0) is 15.0. The smallest absolute Gasteiger partial charge is 0.324 e. The molecule has 1 rings (SSSR count). The lowest BCUT2D eigenvalue weighted by Gasteiger charge is -2.30. The van der Waals surface area contributed by atoms with E-state index in [1.807, 2.05) is 0 Å². The van der Waals surface area contributed by atoms with Gasteiger partial charge < -0.3 is 5.11 Å². The minimum absolute atomic E-state index is 0.486. The van der Waals surface area contributed by atoms with Crippen LogP contribution >= 0.6 is 0 Å². The number of halogens is 2. The minimum Gasteiger partial charge on any atom is -0.480 e. The molecular weight excluding hydrogens is 280 g/mol. The van der Waals surface area contributed by atoms with Gasteiger partial charge in [-0.3, -0.25) is 4.79 Å². The van der Waals surface area contributed by atoms with Crippen molar-refractivity contribution < 1.29 is 27.1 Å². The van der Waals surface area contributed by atoms with Gasteiger partial charge in [-0.1, -0.05) is 0 Å². The van der Waals surface area contributed by atoms with Crippen LogP contribution in [0, 0.1) is 11.6 Å². The zero-order valence-electron chi connectivity index (χ0n) is 10.5. The summed E-state index contributed by atoms with van der Waals surface area (Å²) in [4.78, 5) is 10.1. The summed E-state index contributed by atoms with van der Waals surface area (Å²) in [6.45, 7) is 2.29. The third-order valence-electron chi connectivity index (χ3n) is 2.84. The number of hydrogen-bond donors (Lipinski definition) is 1. The van der Waals surface area contributed by atoms with E-state index in [4.69, 9.17) is 5.11 Å². The normalized spacial score (nSPS) is 12.7. The monoisotopic (exact) mass is 293 g/mol. The fraction of sp³-hybridized carbons (Fsp3) is 0.364. The fourth-order valence-corrected chi connectivity index (χ4v) is 2.81. The van der Waals surface area contributed by atoms with Crippen molar-refractivity contribution >= 4 is 16.0 Å². The third-order valence-corrected chi connectivity index (χ3v) is 4.89. The molecule has 0 saturated heterocycles. The van der Waals surface area contributed by atoms with Crippen LogP contribution in [0.15, 0.2) is 23.1 Å². The highest BCUT2D eigenvalue weighted by Gasteiger charge is 2.41. The third kappa shape index (κ3) is 2.74. The summed E-state index contributed by atoms with van der Waals surface area (Å²) in [5.74, 6) is -3.48. The van der Waals surface area contributed by atoms with Gasteiger partial charge in [0.15, 0.2) is 0 Å². The molecule has 0 aliphatic rings. The first-order chi connectivity index (χ1) is 8.51. The highest BCUT2D eigenvalue weighted by atomic mass is 32.2. The molecule has 19 heavy (non-hydrogen) atoms. The Labute approximate surface area is 109 Å². The first kappa shape index (κ1) is 15.5. The van der Waals surface area contributed by atoms with Crippen molar-refractivity contribution in [3.05, 3.63) is 29.8 Å². The molecule has 0 saturated carbocycles. The van der Waals surface area contributed by atoms with E-state index in [1.54, 1.807) is 0 Å². The number of sulfonamides is 1. The maximum atomic E-state index is 13.5. The number of carboxylic acid groups (broad SMARTS) is 1. The number of carboxylic acids is 1. The van der Waals surface area contributed by atoms with E-state index in [2.05, 4.69) is 0 Å². The molecule has 0 spiro atoms.